The molecule has 0 fully saturated rings. The van der Waals surface area contributed by atoms with E-state index in [1.807, 2.05) is 72.8 Å². The fourth-order valence-corrected chi connectivity index (χ4v) is 9.13. The SMILES string of the molecule is CC(C)[Si](Cc1ccc(/C(=C/C(=O)N(C)C)C(=O)N(C)C)cc1)(Oc1ccc(-c2ccccc2C#N)cc1)C(C)C. The summed E-state index contributed by atoms with van der Waals surface area (Å²) in [5, 5.41) is 9.50. The van der Waals surface area contributed by atoms with Crippen molar-refractivity contribution < 1.29 is 14.0 Å². The molecule has 0 unspecified atom stereocenters. The highest BCUT2D eigenvalue weighted by molar-refractivity contribution is 6.76. The fourth-order valence-electron chi connectivity index (χ4n) is 4.98. The largest absolute Gasteiger partial charge is 0.543 e. The lowest BCUT2D eigenvalue weighted by molar-refractivity contribution is -0.125. The van der Waals surface area contributed by atoms with Crippen LogP contribution >= 0.6 is 0 Å². The third-order valence-electron chi connectivity index (χ3n) is 7.57. The van der Waals surface area contributed by atoms with Gasteiger partial charge in [-0.15, -0.1) is 0 Å². The van der Waals surface area contributed by atoms with E-state index in [-0.39, 0.29) is 11.8 Å². The summed E-state index contributed by atoms with van der Waals surface area (Å²) >= 11 is 0. The molecule has 3 rings (SSSR count). The molecule has 3 aromatic carbocycles. The van der Waals surface area contributed by atoms with Crippen LogP contribution in [0, 0.1) is 11.3 Å². The zero-order valence-electron chi connectivity index (χ0n) is 25.4. The van der Waals surface area contributed by atoms with E-state index in [1.165, 1.54) is 15.9 Å². The Bertz CT molecular complexity index is 1430. The molecule has 0 spiro atoms. The minimum atomic E-state index is -2.37. The predicted molar refractivity (Wildman–Crippen MR) is 169 cm³/mol. The van der Waals surface area contributed by atoms with E-state index < -0.39 is 8.32 Å². The van der Waals surface area contributed by atoms with Crippen molar-refractivity contribution in [1.29, 1.82) is 5.26 Å². The highest BCUT2D eigenvalue weighted by Gasteiger charge is 2.44. The third-order valence-corrected chi connectivity index (χ3v) is 13.1. The van der Waals surface area contributed by atoms with Gasteiger partial charge in [-0.2, -0.15) is 5.26 Å². The second-order valence-corrected chi connectivity index (χ2v) is 16.2. The summed E-state index contributed by atoms with van der Waals surface area (Å²) in [6.45, 7) is 8.95. The van der Waals surface area contributed by atoms with Gasteiger partial charge in [-0.05, 0) is 51.5 Å². The molecule has 0 aromatic heterocycles. The van der Waals surface area contributed by atoms with E-state index in [0.717, 1.165) is 28.5 Å². The molecule has 214 valence electrons. The first kappa shape index (κ1) is 31.4. The Morgan fingerprint density at radius 3 is 1.95 bits per heavy atom. The van der Waals surface area contributed by atoms with Crippen LogP contribution in [0.15, 0.2) is 78.9 Å². The van der Waals surface area contributed by atoms with Gasteiger partial charge in [0.1, 0.15) is 5.75 Å². The van der Waals surface area contributed by atoms with E-state index in [4.69, 9.17) is 4.43 Å². The van der Waals surface area contributed by atoms with Crippen LogP contribution in [0.1, 0.15) is 44.4 Å². The number of rotatable bonds is 10. The summed E-state index contributed by atoms with van der Waals surface area (Å²) < 4.78 is 6.95. The van der Waals surface area contributed by atoms with Gasteiger partial charge in [0.25, 0.3) is 14.2 Å². The van der Waals surface area contributed by atoms with Crippen molar-refractivity contribution in [3.63, 3.8) is 0 Å². The van der Waals surface area contributed by atoms with Gasteiger partial charge >= 0.3 is 0 Å². The molecule has 0 N–H and O–H groups in total. The Morgan fingerprint density at radius 2 is 1.44 bits per heavy atom. The minimum absolute atomic E-state index is 0.217. The zero-order valence-corrected chi connectivity index (χ0v) is 26.4. The first-order chi connectivity index (χ1) is 19.4. The van der Waals surface area contributed by atoms with Crippen LogP contribution in [-0.2, 0) is 15.6 Å². The normalized spacial score (nSPS) is 11.8. The smallest absolute Gasteiger partial charge is 0.260 e. The van der Waals surface area contributed by atoms with Crippen LogP contribution < -0.4 is 4.43 Å². The third kappa shape index (κ3) is 7.33. The summed E-state index contributed by atoms with van der Waals surface area (Å²) in [6.07, 6.45) is 1.40. The van der Waals surface area contributed by atoms with E-state index in [0.29, 0.717) is 27.8 Å². The molecular formula is C34H41N3O3Si. The Hall–Kier alpha value is -4.15. The summed E-state index contributed by atoms with van der Waals surface area (Å²) in [5.41, 5.74) is 5.42. The molecule has 7 heteroatoms. The zero-order chi connectivity index (χ0) is 30.3. The van der Waals surface area contributed by atoms with Crippen LogP contribution in [0.3, 0.4) is 0 Å². The molecule has 0 saturated carbocycles. The Morgan fingerprint density at radius 1 is 0.854 bits per heavy atom. The van der Waals surface area contributed by atoms with E-state index in [1.54, 1.807) is 28.2 Å². The van der Waals surface area contributed by atoms with E-state index in [2.05, 4.69) is 33.8 Å². The van der Waals surface area contributed by atoms with Crippen molar-refractivity contribution in [2.45, 2.75) is 44.8 Å². The molecule has 0 aliphatic carbocycles. The maximum absolute atomic E-state index is 12.9. The quantitative estimate of drug-likeness (QED) is 0.202. The predicted octanol–water partition coefficient (Wildman–Crippen LogP) is 6.71. The Labute approximate surface area is 246 Å². The molecule has 0 aliphatic rings. The van der Waals surface area contributed by atoms with Crippen LogP contribution in [-0.4, -0.2) is 58.1 Å². The van der Waals surface area contributed by atoms with Gasteiger partial charge in [0.15, 0.2) is 0 Å². The molecule has 0 radical (unpaired) electrons. The Kier molecular flexibility index (Phi) is 10.3. The van der Waals surface area contributed by atoms with Gasteiger partial charge in [0.05, 0.1) is 17.2 Å². The number of amides is 2. The number of carbonyl (C=O) groups excluding carboxylic acids is 2. The van der Waals surface area contributed by atoms with Crippen LogP contribution in [0.5, 0.6) is 5.75 Å². The first-order valence-corrected chi connectivity index (χ1v) is 16.2. The molecule has 0 heterocycles. The molecule has 2 amide bonds. The van der Waals surface area contributed by atoms with Crippen LogP contribution in [0.25, 0.3) is 16.7 Å². The first-order valence-electron chi connectivity index (χ1n) is 13.9. The van der Waals surface area contributed by atoms with Crippen LogP contribution in [0.4, 0.5) is 0 Å². The van der Waals surface area contributed by atoms with Gasteiger partial charge in [0, 0.05) is 40.3 Å². The van der Waals surface area contributed by atoms with Gasteiger partial charge in [0.2, 0.25) is 5.91 Å². The molecule has 0 saturated heterocycles. The van der Waals surface area contributed by atoms with Gasteiger partial charge < -0.3 is 14.2 Å². The number of hydrogen-bond donors (Lipinski definition) is 0. The number of nitrogens with zero attached hydrogens (tertiary/aromatic N) is 3. The highest BCUT2D eigenvalue weighted by atomic mass is 28.4. The van der Waals surface area contributed by atoms with Gasteiger partial charge in [-0.25, -0.2) is 0 Å². The molecule has 0 aliphatic heterocycles. The summed E-state index contributed by atoms with van der Waals surface area (Å²) in [4.78, 5) is 28.3. The standard InChI is InChI=1S/C34H41N3O3Si/c1-24(2)41(25(3)4,40-30-19-17-27(18-20-30)31-12-10-9-11-29(31)22-35)23-26-13-15-28(16-14-26)32(34(39)37(7)8)21-33(38)36(5)6/h9-21,24-25H,23H2,1-8H3/b32-21-. The number of likely N-dealkylation sites (N-methyl/N-ethyl adjacent to an activating group) is 2. The topological polar surface area (TPSA) is 73.6 Å². The van der Waals surface area contributed by atoms with Crippen molar-refractivity contribution in [2.24, 2.45) is 0 Å². The Balaban J connectivity index is 1.92. The maximum atomic E-state index is 12.9. The van der Waals surface area contributed by atoms with Crippen molar-refractivity contribution >= 4 is 25.7 Å². The lowest BCUT2D eigenvalue weighted by Crippen LogP contribution is -2.50. The monoisotopic (exact) mass is 567 g/mol. The molecule has 41 heavy (non-hydrogen) atoms. The molecule has 0 bridgehead atoms. The van der Waals surface area contributed by atoms with Crippen LogP contribution in [0.2, 0.25) is 11.1 Å². The second-order valence-electron chi connectivity index (χ2n) is 11.4. The molecule has 3 aromatic rings. The molecule has 0 atom stereocenters. The van der Waals surface area contributed by atoms with Crippen molar-refractivity contribution in [3.8, 4) is 22.9 Å². The summed E-state index contributed by atoms with van der Waals surface area (Å²) in [5.74, 6) is 0.379. The summed E-state index contributed by atoms with van der Waals surface area (Å²) in [6, 6.07) is 26.7. The van der Waals surface area contributed by atoms with E-state index >= 15 is 0 Å². The summed E-state index contributed by atoms with van der Waals surface area (Å²) in [7, 11) is 4.32. The van der Waals surface area contributed by atoms with Gasteiger partial charge in [-0.1, -0.05) is 82.3 Å². The van der Waals surface area contributed by atoms with E-state index in [9.17, 15) is 14.9 Å². The maximum Gasteiger partial charge on any atom is 0.260 e. The average molecular weight is 568 g/mol. The van der Waals surface area contributed by atoms with Crippen molar-refractivity contribution in [1.82, 2.24) is 9.80 Å². The number of carbonyl (C=O) groups is 2. The lowest BCUT2D eigenvalue weighted by Gasteiger charge is -2.39. The molecule has 6 nitrogen and oxygen atoms in total. The van der Waals surface area contributed by atoms with Crippen molar-refractivity contribution in [3.05, 3.63) is 95.6 Å². The number of nitriles is 1. The number of hydrogen-bond acceptors (Lipinski definition) is 4. The fraction of sp³-hybridized carbons (Fsp3) is 0.324. The lowest BCUT2D eigenvalue weighted by atomic mass is 10.0. The van der Waals surface area contributed by atoms with Crippen molar-refractivity contribution in [2.75, 3.05) is 28.2 Å². The highest BCUT2D eigenvalue weighted by Crippen LogP contribution is 2.38. The van der Waals surface area contributed by atoms with Gasteiger partial charge in [-0.3, -0.25) is 9.59 Å². The molecular weight excluding hydrogens is 526 g/mol. The average Bonchev–Trinajstić information content (AvgIpc) is 2.95. The minimum Gasteiger partial charge on any atom is -0.543 e. The number of benzene rings is 3. The second kappa shape index (κ2) is 13.5.